The second-order valence-corrected chi connectivity index (χ2v) is 8.78. The number of hydrogen-bond acceptors (Lipinski definition) is 8. The molecule has 0 saturated carbocycles. The first kappa shape index (κ1) is 22.2. The maximum absolute atomic E-state index is 14.8. The molecule has 4 aromatic rings. The molecule has 11 heteroatoms. The molecule has 34 heavy (non-hydrogen) atoms. The van der Waals surface area contributed by atoms with E-state index in [0.29, 0.717) is 39.4 Å². The van der Waals surface area contributed by atoms with Crippen molar-refractivity contribution in [1.29, 1.82) is 0 Å². The fraction of sp³-hybridized carbons (Fsp3) is 0.304. The number of thiazole rings is 1. The highest BCUT2D eigenvalue weighted by Crippen LogP contribution is 2.43. The van der Waals surface area contributed by atoms with Gasteiger partial charge in [-0.05, 0) is 24.6 Å². The number of aryl methyl sites for hydroxylation is 1. The lowest BCUT2D eigenvalue weighted by Gasteiger charge is -2.11. The van der Waals surface area contributed by atoms with Gasteiger partial charge in [-0.3, -0.25) is 0 Å². The zero-order valence-electron chi connectivity index (χ0n) is 18.4. The number of nitrogens with zero attached hydrogens (tertiary/aromatic N) is 3. The maximum atomic E-state index is 14.8. The summed E-state index contributed by atoms with van der Waals surface area (Å²) in [7, 11) is 1.53. The van der Waals surface area contributed by atoms with Gasteiger partial charge in [0, 0.05) is 30.2 Å². The Kier molecular flexibility index (Phi) is 5.86. The molecule has 5 rings (SSSR count). The number of alkyl halides is 1. The first-order chi connectivity index (χ1) is 16.5. The summed E-state index contributed by atoms with van der Waals surface area (Å²) in [4.78, 5) is 25.3. The Bertz CT molecular complexity index is 1410. The number of amides is 1. The number of hydrogen-bond donors (Lipinski definition) is 1. The highest BCUT2D eigenvalue weighted by atomic mass is 32.1. The Morgan fingerprint density at radius 2 is 2.15 bits per heavy atom. The summed E-state index contributed by atoms with van der Waals surface area (Å²) in [6.45, 7) is 1.05. The predicted octanol–water partition coefficient (Wildman–Crippen LogP) is 4.36. The molecule has 1 aliphatic rings. The van der Waals surface area contributed by atoms with Crippen LogP contribution >= 0.6 is 11.3 Å². The van der Waals surface area contributed by atoms with Gasteiger partial charge in [-0.2, -0.15) is 0 Å². The van der Waals surface area contributed by atoms with E-state index in [1.165, 1.54) is 24.5 Å². The molecule has 3 heterocycles. The van der Waals surface area contributed by atoms with Crippen molar-refractivity contribution in [3.05, 3.63) is 41.3 Å². The average molecular weight is 487 g/mol. The van der Waals surface area contributed by atoms with Gasteiger partial charge >= 0.3 is 6.09 Å². The lowest BCUT2D eigenvalue weighted by Crippen LogP contribution is -2.30. The Labute approximate surface area is 196 Å². The Balaban J connectivity index is 1.48. The van der Waals surface area contributed by atoms with Crippen molar-refractivity contribution >= 4 is 38.7 Å². The molecule has 176 valence electrons. The first-order valence-corrected chi connectivity index (χ1v) is 11.4. The molecule has 2 aromatic heterocycles. The van der Waals surface area contributed by atoms with Gasteiger partial charge in [0.2, 0.25) is 5.88 Å². The summed E-state index contributed by atoms with van der Waals surface area (Å²) < 4.78 is 43.8. The molecule has 0 radical (unpaired) electrons. The monoisotopic (exact) mass is 486 g/mol. The summed E-state index contributed by atoms with van der Waals surface area (Å²) in [5.74, 6) is 0.0264. The van der Waals surface area contributed by atoms with E-state index in [-0.39, 0.29) is 18.9 Å². The predicted molar refractivity (Wildman–Crippen MR) is 123 cm³/mol. The van der Waals surface area contributed by atoms with Crippen molar-refractivity contribution < 1.29 is 27.8 Å². The number of fused-ring (bicyclic) bond motifs is 4. The number of alkyl carbamates (subject to hydrolysis) is 1. The van der Waals surface area contributed by atoms with Crippen LogP contribution in [0.25, 0.3) is 31.8 Å². The van der Waals surface area contributed by atoms with E-state index in [4.69, 9.17) is 14.2 Å². The van der Waals surface area contributed by atoms with E-state index in [2.05, 4.69) is 20.3 Å². The lowest BCUT2D eigenvalue weighted by molar-refractivity contribution is 0.0907. The van der Waals surface area contributed by atoms with Crippen LogP contribution in [-0.2, 0) is 11.2 Å². The minimum atomic E-state index is -0.744. The van der Waals surface area contributed by atoms with Gasteiger partial charge in [0.05, 0.1) is 34.6 Å². The molecule has 0 bridgehead atoms. The second kappa shape index (κ2) is 8.98. The molecule has 1 atom stereocenters. The first-order valence-electron chi connectivity index (χ1n) is 10.5. The van der Waals surface area contributed by atoms with Crippen LogP contribution in [0, 0.1) is 12.7 Å². The highest BCUT2D eigenvalue weighted by Gasteiger charge is 2.31. The van der Waals surface area contributed by atoms with E-state index in [1.54, 1.807) is 6.20 Å². The quantitative estimate of drug-likeness (QED) is 0.433. The third kappa shape index (κ3) is 4.07. The summed E-state index contributed by atoms with van der Waals surface area (Å²) in [5, 5.41) is 2.96. The SMILES string of the molecule is COc1cnc2c(-c3nc4cc(F)c5c(c4s3)C[C@@H](COC(=O)NCCF)O5)cc(C)cc2n1. The second-order valence-electron chi connectivity index (χ2n) is 7.78. The number of aromatic nitrogens is 3. The fourth-order valence-corrected chi connectivity index (χ4v) is 5.03. The topological polar surface area (TPSA) is 95.5 Å². The number of ether oxygens (including phenoxy) is 3. The minimum Gasteiger partial charge on any atom is -0.483 e. The number of halogens is 2. The van der Waals surface area contributed by atoms with Crippen LogP contribution in [0.2, 0.25) is 0 Å². The molecule has 0 fully saturated rings. The number of methoxy groups -OCH3 is 1. The highest BCUT2D eigenvalue weighted by molar-refractivity contribution is 7.22. The van der Waals surface area contributed by atoms with Gasteiger partial charge in [0.1, 0.15) is 24.4 Å². The lowest BCUT2D eigenvalue weighted by atomic mass is 10.1. The van der Waals surface area contributed by atoms with Crippen LogP contribution in [-0.4, -0.2) is 54.1 Å². The zero-order chi connectivity index (χ0) is 23.8. The van der Waals surface area contributed by atoms with Crippen LogP contribution < -0.4 is 14.8 Å². The number of carbonyl (C=O) groups excluding carboxylic acids is 1. The largest absolute Gasteiger partial charge is 0.483 e. The zero-order valence-corrected chi connectivity index (χ0v) is 19.2. The van der Waals surface area contributed by atoms with Crippen LogP contribution in [0.5, 0.6) is 11.6 Å². The number of carbonyl (C=O) groups is 1. The van der Waals surface area contributed by atoms with Crippen LogP contribution in [0.4, 0.5) is 13.6 Å². The fourth-order valence-electron chi connectivity index (χ4n) is 3.91. The standard InChI is InChI=1S/C23H20F2N4O4S/c1-11-5-13(19-16(6-11)28-18(31-2)9-27-19)22-29-17-8-15(25)20-14(21(17)34-22)7-12(33-20)10-32-23(30)26-4-3-24/h5-6,8-9,12H,3-4,7,10H2,1-2H3,(H,26,30)/t12-/m0/s1. The van der Waals surface area contributed by atoms with E-state index in [9.17, 15) is 13.6 Å². The third-order valence-corrected chi connectivity index (χ3v) is 6.53. The minimum absolute atomic E-state index is 0.0840. The van der Waals surface area contributed by atoms with Gasteiger partial charge in [-0.25, -0.2) is 28.5 Å². The Morgan fingerprint density at radius 3 is 2.94 bits per heavy atom. The smallest absolute Gasteiger partial charge is 0.407 e. The number of rotatable bonds is 6. The van der Waals surface area contributed by atoms with E-state index >= 15 is 0 Å². The van der Waals surface area contributed by atoms with E-state index in [0.717, 1.165) is 15.8 Å². The molecular formula is C23H20F2N4O4S. The Morgan fingerprint density at radius 1 is 1.29 bits per heavy atom. The number of benzene rings is 2. The molecule has 0 unspecified atom stereocenters. The Hall–Kier alpha value is -3.60. The van der Waals surface area contributed by atoms with Crippen LogP contribution in [0.1, 0.15) is 11.1 Å². The molecule has 0 spiro atoms. The summed E-state index contributed by atoms with van der Waals surface area (Å²) in [5.41, 5.74) is 4.32. The summed E-state index contributed by atoms with van der Waals surface area (Å²) in [6.07, 6.45) is 0.614. The molecule has 0 saturated heterocycles. The van der Waals surface area contributed by atoms with Crippen molar-refractivity contribution in [2.75, 3.05) is 26.9 Å². The molecule has 1 aliphatic heterocycles. The van der Waals surface area contributed by atoms with Crippen molar-refractivity contribution in [2.24, 2.45) is 0 Å². The van der Waals surface area contributed by atoms with Gasteiger partial charge in [-0.15, -0.1) is 11.3 Å². The summed E-state index contributed by atoms with van der Waals surface area (Å²) >= 11 is 1.42. The van der Waals surface area contributed by atoms with E-state index < -0.39 is 24.7 Å². The van der Waals surface area contributed by atoms with Crippen molar-refractivity contribution in [1.82, 2.24) is 20.3 Å². The average Bonchev–Trinajstić information content (AvgIpc) is 3.45. The van der Waals surface area contributed by atoms with E-state index in [1.807, 2.05) is 19.1 Å². The molecule has 8 nitrogen and oxygen atoms in total. The van der Waals surface area contributed by atoms with Gasteiger partial charge in [-0.1, -0.05) is 0 Å². The number of nitrogens with one attached hydrogen (secondary N) is 1. The van der Waals surface area contributed by atoms with Gasteiger partial charge in [0.25, 0.3) is 0 Å². The van der Waals surface area contributed by atoms with Crippen molar-refractivity contribution in [3.63, 3.8) is 0 Å². The molecule has 2 aromatic carbocycles. The molecule has 0 aliphatic carbocycles. The molecular weight excluding hydrogens is 466 g/mol. The summed E-state index contributed by atoms with van der Waals surface area (Å²) in [6, 6.07) is 5.24. The van der Waals surface area contributed by atoms with Crippen molar-refractivity contribution in [2.45, 2.75) is 19.4 Å². The molecule has 1 amide bonds. The van der Waals surface area contributed by atoms with Crippen molar-refractivity contribution in [3.8, 4) is 22.2 Å². The van der Waals surface area contributed by atoms with Crippen LogP contribution in [0.15, 0.2) is 24.4 Å². The normalized spacial score (nSPS) is 14.8. The molecule has 1 N–H and O–H groups in total. The third-order valence-electron chi connectivity index (χ3n) is 5.37. The maximum Gasteiger partial charge on any atom is 0.407 e. The van der Waals surface area contributed by atoms with Gasteiger partial charge in [0.15, 0.2) is 11.6 Å². The van der Waals surface area contributed by atoms with Gasteiger partial charge < -0.3 is 19.5 Å². The van der Waals surface area contributed by atoms with Crippen LogP contribution in [0.3, 0.4) is 0 Å².